The Hall–Kier alpha value is -1.56. The van der Waals surface area contributed by atoms with Gasteiger partial charge in [-0.25, -0.2) is 13.4 Å². The van der Waals surface area contributed by atoms with Crippen LogP contribution in [0, 0.1) is 0 Å². The van der Waals surface area contributed by atoms with Gasteiger partial charge >= 0.3 is 5.97 Å². The van der Waals surface area contributed by atoms with Crippen molar-refractivity contribution in [1.29, 1.82) is 0 Å². The van der Waals surface area contributed by atoms with Crippen LogP contribution in [0.3, 0.4) is 0 Å². The van der Waals surface area contributed by atoms with E-state index in [1.165, 1.54) is 12.1 Å². The minimum absolute atomic E-state index is 0.129. The molecule has 1 rings (SSSR count). The minimum atomic E-state index is -1.83. The molecular formula is C16H22FNO3S. The smallest absolute Gasteiger partial charge is 0.345 e. The Kier molecular flexibility index (Phi) is 6.41. The molecule has 0 aliphatic carbocycles. The molecular weight excluding hydrogens is 305 g/mol. The predicted octanol–water partition coefficient (Wildman–Crippen LogP) is 3.53. The van der Waals surface area contributed by atoms with Crippen LogP contribution in [0.4, 0.5) is 4.39 Å². The number of carbonyl (C=O) groups excluding carboxylic acids is 1. The third kappa shape index (κ3) is 5.02. The van der Waals surface area contributed by atoms with E-state index < -0.39 is 27.9 Å². The first-order valence-electron chi connectivity index (χ1n) is 7.05. The largest absolute Gasteiger partial charge is 0.464 e. The van der Waals surface area contributed by atoms with Crippen LogP contribution in [-0.2, 0) is 20.5 Å². The quantitative estimate of drug-likeness (QED) is 0.614. The second kappa shape index (κ2) is 7.63. The zero-order valence-electron chi connectivity index (χ0n) is 13.6. The van der Waals surface area contributed by atoms with Crippen LogP contribution in [0.25, 0.3) is 0 Å². The second-order valence-corrected chi connectivity index (χ2v) is 7.68. The topological polar surface area (TPSA) is 55.7 Å². The van der Waals surface area contributed by atoms with Gasteiger partial charge in [0.05, 0.1) is 17.1 Å². The number of alkyl halides is 1. The number of nitrogens with zero attached hydrogens (tertiary/aromatic N) is 1. The molecule has 6 heteroatoms. The number of esters is 1. The molecule has 0 amide bonds. The van der Waals surface area contributed by atoms with Gasteiger partial charge in [-0.3, -0.25) is 0 Å². The van der Waals surface area contributed by atoms with Gasteiger partial charge in [0.1, 0.15) is 11.0 Å². The van der Waals surface area contributed by atoms with E-state index in [9.17, 15) is 13.4 Å². The summed E-state index contributed by atoms with van der Waals surface area (Å²) in [7, 11) is -1.39. The molecule has 22 heavy (non-hydrogen) atoms. The Morgan fingerprint density at radius 3 is 2.59 bits per heavy atom. The van der Waals surface area contributed by atoms with E-state index in [1.54, 1.807) is 26.0 Å². The maximum Gasteiger partial charge on any atom is 0.345 e. The fraction of sp³-hybridized carbons (Fsp3) is 0.500. The van der Waals surface area contributed by atoms with Gasteiger partial charge < -0.3 is 4.74 Å². The normalized spacial score (nSPS) is 15.3. The van der Waals surface area contributed by atoms with E-state index in [0.29, 0.717) is 11.3 Å². The zero-order valence-corrected chi connectivity index (χ0v) is 14.4. The highest BCUT2D eigenvalue weighted by Gasteiger charge is 2.22. The van der Waals surface area contributed by atoms with Crippen LogP contribution < -0.4 is 0 Å². The van der Waals surface area contributed by atoms with E-state index >= 15 is 0 Å². The molecule has 0 bridgehead atoms. The average Bonchev–Trinajstić information content (AvgIpc) is 2.45. The average molecular weight is 327 g/mol. The SMILES string of the molecule is CCOC(=O)C(F)c1cccc(/C(C)=N\[S@](=O)C(C)(C)C)c1. The van der Waals surface area contributed by atoms with Crippen molar-refractivity contribution < 1.29 is 18.1 Å². The molecule has 0 saturated carbocycles. The van der Waals surface area contributed by atoms with Crippen LogP contribution in [0.5, 0.6) is 0 Å². The summed E-state index contributed by atoms with van der Waals surface area (Å²) >= 11 is 0. The molecule has 0 heterocycles. The molecule has 1 aromatic carbocycles. The number of halogens is 1. The van der Waals surface area contributed by atoms with Gasteiger partial charge in [-0.2, -0.15) is 4.40 Å². The van der Waals surface area contributed by atoms with Gasteiger partial charge in [0, 0.05) is 0 Å². The Morgan fingerprint density at radius 1 is 1.41 bits per heavy atom. The number of hydrogen-bond acceptors (Lipinski definition) is 3. The Morgan fingerprint density at radius 2 is 2.05 bits per heavy atom. The summed E-state index contributed by atoms with van der Waals surface area (Å²) < 4.78 is 34.4. The van der Waals surface area contributed by atoms with Crippen LogP contribution >= 0.6 is 0 Å². The van der Waals surface area contributed by atoms with E-state index in [0.717, 1.165) is 0 Å². The lowest BCUT2D eigenvalue weighted by molar-refractivity contribution is -0.149. The van der Waals surface area contributed by atoms with E-state index in [4.69, 9.17) is 0 Å². The van der Waals surface area contributed by atoms with Gasteiger partial charge in [0.25, 0.3) is 0 Å². The first-order valence-corrected chi connectivity index (χ1v) is 8.15. The maximum atomic E-state index is 14.0. The number of ether oxygens (including phenoxy) is 1. The number of rotatable bonds is 5. The van der Waals surface area contributed by atoms with Crippen molar-refractivity contribution in [3.63, 3.8) is 0 Å². The predicted molar refractivity (Wildman–Crippen MR) is 87.0 cm³/mol. The molecule has 0 aliphatic heterocycles. The van der Waals surface area contributed by atoms with Crippen LogP contribution in [-0.4, -0.2) is 27.2 Å². The Bertz CT molecular complexity index is 593. The molecule has 1 aromatic rings. The molecule has 0 fully saturated rings. The molecule has 0 saturated heterocycles. The van der Waals surface area contributed by atoms with Gasteiger partial charge in [-0.15, -0.1) is 0 Å². The summed E-state index contributed by atoms with van der Waals surface area (Å²) in [6.07, 6.45) is -1.83. The number of hydrogen-bond donors (Lipinski definition) is 0. The monoisotopic (exact) mass is 327 g/mol. The fourth-order valence-corrected chi connectivity index (χ4v) is 2.21. The summed E-state index contributed by atoms with van der Waals surface area (Å²) in [5.41, 5.74) is 1.36. The molecule has 0 N–H and O–H groups in total. The van der Waals surface area contributed by atoms with E-state index in [-0.39, 0.29) is 12.2 Å². The van der Waals surface area contributed by atoms with Gasteiger partial charge in [-0.1, -0.05) is 18.2 Å². The van der Waals surface area contributed by atoms with E-state index in [1.807, 2.05) is 20.8 Å². The van der Waals surface area contributed by atoms with Crippen LogP contribution in [0.2, 0.25) is 0 Å². The fourth-order valence-electron chi connectivity index (χ4n) is 1.59. The molecule has 0 aromatic heterocycles. The lowest BCUT2D eigenvalue weighted by atomic mass is 10.0. The summed E-state index contributed by atoms with van der Waals surface area (Å²) in [6, 6.07) is 6.41. The first kappa shape index (κ1) is 18.5. The molecule has 122 valence electrons. The van der Waals surface area contributed by atoms with Crippen molar-refractivity contribution in [3.8, 4) is 0 Å². The maximum absolute atomic E-state index is 14.0. The highest BCUT2D eigenvalue weighted by Crippen LogP contribution is 2.21. The van der Waals surface area contributed by atoms with Crippen molar-refractivity contribution >= 4 is 22.7 Å². The number of carbonyl (C=O) groups is 1. The summed E-state index contributed by atoms with van der Waals surface area (Å²) in [6.45, 7) is 8.95. The van der Waals surface area contributed by atoms with Crippen molar-refractivity contribution in [2.24, 2.45) is 4.40 Å². The standard InChI is InChI=1S/C16H22FNO3S/c1-6-21-15(19)14(17)13-9-7-8-12(10-13)11(2)18-22(20)16(3,4)5/h7-10,14H,6H2,1-5H3/b18-11-/t14?,22-/m1/s1. The molecule has 0 spiro atoms. The van der Waals surface area contributed by atoms with Gasteiger partial charge in [0.2, 0.25) is 6.17 Å². The van der Waals surface area contributed by atoms with Crippen LogP contribution in [0.1, 0.15) is 51.9 Å². The van der Waals surface area contributed by atoms with E-state index in [2.05, 4.69) is 9.13 Å². The van der Waals surface area contributed by atoms with Crippen molar-refractivity contribution in [2.75, 3.05) is 6.61 Å². The number of benzene rings is 1. The van der Waals surface area contributed by atoms with Crippen molar-refractivity contribution in [3.05, 3.63) is 35.4 Å². The highest BCUT2D eigenvalue weighted by atomic mass is 32.2. The summed E-state index contributed by atoms with van der Waals surface area (Å²) in [5, 5.41) is 0. The minimum Gasteiger partial charge on any atom is -0.464 e. The molecule has 0 radical (unpaired) electrons. The third-order valence-electron chi connectivity index (χ3n) is 2.83. The molecule has 1 unspecified atom stereocenters. The van der Waals surface area contributed by atoms with Crippen molar-refractivity contribution in [2.45, 2.75) is 45.5 Å². The van der Waals surface area contributed by atoms with Crippen LogP contribution in [0.15, 0.2) is 28.7 Å². The lowest BCUT2D eigenvalue weighted by Crippen LogP contribution is -2.20. The third-order valence-corrected chi connectivity index (χ3v) is 4.32. The van der Waals surface area contributed by atoms with Gasteiger partial charge in [-0.05, 0) is 51.8 Å². The summed E-state index contributed by atoms with van der Waals surface area (Å²) in [4.78, 5) is 11.5. The van der Waals surface area contributed by atoms with Crippen molar-refractivity contribution in [1.82, 2.24) is 0 Å². The summed E-state index contributed by atoms with van der Waals surface area (Å²) in [5.74, 6) is -0.910. The molecule has 2 atom stereocenters. The molecule has 0 aliphatic rings. The second-order valence-electron chi connectivity index (χ2n) is 5.78. The Balaban J connectivity index is 3.04. The Labute approximate surface area is 133 Å². The zero-order chi connectivity index (χ0) is 16.9. The lowest BCUT2D eigenvalue weighted by Gasteiger charge is -2.14. The van der Waals surface area contributed by atoms with Gasteiger partial charge in [0.15, 0.2) is 0 Å². The highest BCUT2D eigenvalue weighted by molar-refractivity contribution is 7.85. The molecule has 4 nitrogen and oxygen atoms in total. The first-order chi connectivity index (χ1) is 10.2.